The lowest BCUT2D eigenvalue weighted by Crippen LogP contribution is -2.60. The molecule has 240 valence electrons. The maximum absolute atomic E-state index is 14.4. The number of carbonyl (C=O) groups excluding carboxylic acids is 5. The van der Waals surface area contributed by atoms with Crippen molar-refractivity contribution in [3.63, 3.8) is 0 Å². The van der Waals surface area contributed by atoms with E-state index in [1.165, 1.54) is 62.6 Å². The lowest BCUT2D eigenvalue weighted by molar-refractivity contribution is -0.125. The average Bonchev–Trinajstić information content (AvgIpc) is 3.39. The minimum Gasteiger partial charge on any atom is -0.508 e. The van der Waals surface area contributed by atoms with Gasteiger partial charge in [0, 0.05) is 23.1 Å². The predicted octanol–water partition coefficient (Wildman–Crippen LogP) is 5.51. The molecule has 3 aromatic carbocycles. The summed E-state index contributed by atoms with van der Waals surface area (Å²) in [5, 5.41) is 11.3. The number of aromatic hydroxyl groups is 1. The van der Waals surface area contributed by atoms with Gasteiger partial charge in [0.1, 0.15) is 17.3 Å². The number of rotatable bonds is 5. The van der Waals surface area contributed by atoms with E-state index in [1.54, 1.807) is 12.1 Å². The maximum atomic E-state index is 14.4. The second-order valence-electron chi connectivity index (χ2n) is 12.3. The SMILES string of the molecule is COc1ccc(C2C3=CCC4C(=O)N(c5ccc(C(C)=O)cc5)C(=O)C4C3CC3(Cl)C(=O)N(c4ccc(F)cc4)C(=O)C23Cl)c(O)c1. The zero-order valence-electron chi connectivity index (χ0n) is 25.1. The van der Waals surface area contributed by atoms with Gasteiger partial charge in [0.15, 0.2) is 15.5 Å². The Morgan fingerprint density at radius 2 is 1.53 bits per heavy atom. The fourth-order valence-electron chi connectivity index (χ4n) is 7.74. The van der Waals surface area contributed by atoms with Crippen LogP contribution in [0.15, 0.2) is 78.4 Å². The summed E-state index contributed by atoms with van der Waals surface area (Å²) in [6, 6.07) is 15.3. The van der Waals surface area contributed by atoms with Crippen molar-refractivity contribution in [2.75, 3.05) is 16.9 Å². The Bertz CT molecular complexity index is 1930. The number of anilines is 2. The third-order valence-electron chi connectivity index (χ3n) is 9.98. The number of nitrogens with zero attached hydrogens (tertiary/aromatic N) is 2. The molecule has 0 spiro atoms. The molecule has 2 aliphatic carbocycles. The first-order valence-electron chi connectivity index (χ1n) is 14.9. The van der Waals surface area contributed by atoms with Crippen molar-refractivity contribution in [3.05, 3.63) is 95.3 Å². The molecule has 4 aliphatic rings. The number of benzene rings is 3. The van der Waals surface area contributed by atoms with Gasteiger partial charge in [0.25, 0.3) is 11.8 Å². The third kappa shape index (κ3) is 4.24. The summed E-state index contributed by atoms with van der Waals surface area (Å²) in [5.41, 5.74) is 1.44. The predicted molar refractivity (Wildman–Crippen MR) is 170 cm³/mol. The van der Waals surface area contributed by atoms with Gasteiger partial charge in [-0.25, -0.2) is 9.29 Å². The first-order valence-corrected chi connectivity index (χ1v) is 15.7. The van der Waals surface area contributed by atoms with Crippen molar-refractivity contribution >= 4 is 64.0 Å². The van der Waals surface area contributed by atoms with Crippen LogP contribution >= 0.6 is 23.2 Å². The van der Waals surface area contributed by atoms with Crippen LogP contribution in [0.25, 0.3) is 0 Å². The average molecular weight is 678 g/mol. The first kappa shape index (κ1) is 31.1. The normalized spacial score (nSPS) is 29.8. The van der Waals surface area contributed by atoms with Crippen LogP contribution in [0.2, 0.25) is 0 Å². The third-order valence-corrected chi connectivity index (χ3v) is 11.4. The largest absolute Gasteiger partial charge is 0.508 e. The number of methoxy groups -OCH3 is 1. The van der Waals surface area contributed by atoms with Crippen LogP contribution < -0.4 is 14.5 Å². The summed E-state index contributed by atoms with van der Waals surface area (Å²) in [4.78, 5) is 66.2. The van der Waals surface area contributed by atoms with Gasteiger partial charge in [-0.2, -0.15) is 0 Å². The Morgan fingerprint density at radius 1 is 0.894 bits per heavy atom. The molecule has 47 heavy (non-hydrogen) atoms. The van der Waals surface area contributed by atoms with Crippen LogP contribution in [-0.2, 0) is 19.2 Å². The summed E-state index contributed by atoms with van der Waals surface area (Å²) in [5.74, 6) is -7.19. The van der Waals surface area contributed by atoms with Gasteiger partial charge >= 0.3 is 0 Å². The fourth-order valence-corrected chi connectivity index (χ4v) is 8.67. The number of imide groups is 2. The quantitative estimate of drug-likeness (QED) is 0.164. The molecule has 2 aliphatic heterocycles. The van der Waals surface area contributed by atoms with Gasteiger partial charge in [-0.15, -0.1) is 23.2 Å². The number of phenols is 1. The van der Waals surface area contributed by atoms with E-state index in [2.05, 4.69) is 0 Å². The van der Waals surface area contributed by atoms with Gasteiger partial charge < -0.3 is 9.84 Å². The van der Waals surface area contributed by atoms with E-state index in [1.807, 2.05) is 0 Å². The fraction of sp³-hybridized carbons (Fsp3) is 0.286. The highest BCUT2D eigenvalue weighted by Crippen LogP contribution is 2.66. The molecule has 3 fully saturated rings. The molecule has 2 saturated heterocycles. The number of amides is 4. The number of hydrogen-bond acceptors (Lipinski definition) is 7. The molecule has 0 bridgehead atoms. The molecule has 2 heterocycles. The molecule has 4 amide bonds. The molecule has 6 unspecified atom stereocenters. The molecular formula is C35H27Cl2FN2O7. The van der Waals surface area contributed by atoms with E-state index in [9.17, 15) is 33.5 Å². The van der Waals surface area contributed by atoms with Gasteiger partial charge in [-0.1, -0.05) is 17.7 Å². The Hall–Kier alpha value is -4.54. The molecule has 9 nitrogen and oxygen atoms in total. The molecule has 12 heteroatoms. The van der Waals surface area contributed by atoms with Crippen molar-refractivity contribution < 1.29 is 38.2 Å². The minimum absolute atomic E-state index is 0.0516. The lowest BCUT2D eigenvalue weighted by Gasteiger charge is -2.50. The molecule has 0 radical (unpaired) electrons. The number of ketones is 1. The molecule has 1 saturated carbocycles. The molecule has 7 rings (SSSR count). The van der Waals surface area contributed by atoms with Crippen LogP contribution in [0.3, 0.4) is 0 Å². The van der Waals surface area contributed by atoms with Crippen LogP contribution in [0.5, 0.6) is 11.5 Å². The smallest absolute Gasteiger partial charge is 0.258 e. The van der Waals surface area contributed by atoms with E-state index >= 15 is 0 Å². The Balaban J connectivity index is 1.38. The number of ether oxygens (including phenoxy) is 1. The second kappa shape index (κ2) is 10.7. The van der Waals surface area contributed by atoms with Crippen molar-refractivity contribution in [1.29, 1.82) is 0 Å². The van der Waals surface area contributed by atoms with E-state index in [0.717, 1.165) is 21.9 Å². The highest BCUT2D eigenvalue weighted by Gasteiger charge is 2.77. The van der Waals surface area contributed by atoms with Crippen LogP contribution in [0.4, 0.5) is 15.8 Å². The zero-order chi connectivity index (χ0) is 33.6. The van der Waals surface area contributed by atoms with Crippen LogP contribution in [0.1, 0.15) is 41.6 Å². The highest BCUT2D eigenvalue weighted by atomic mass is 35.5. The van der Waals surface area contributed by atoms with Crippen molar-refractivity contribution in [2.45, 2.75) is 35.4 Å². The molecule has 6 atom stereocenters. The van der Waals surface area contributed by atoms with E-state index in [0.29, 0.717) is 22.6 Å². The van der Waals surface area contributed by atoms with Crippen molar-refractivity contribution in [1.82, 2.24) is 0 Å². The van der Waals surface area contributed by atoms with Crippen LogP contribution in [0, 0.1) is 23.6 Å². The van der Waals surface area contributed by atoms with Gasteiger partial charge in [0.05, 0.1) is 30.3 Å². The monoisotopic (exact) mass is 676 g/mol. The number of Topliss-reactive ketones (excluding diaryl/α,β-unsaturated/α-hetero) is 1. The summed E-state index contributed by atoms with van der Waals surface area (Å²) >= 11 is 14.7. The Morgan fingerprint density at radius 3 is 2.15 bits per heavy atom. The summed E-state index contributed by atoms with van der Waals surface area (Å²) in [6.45, 7) is 1.41. The number of allylic oxidation sites excluding steroid dienone is 2. The molecular weight excluding hydrogens is 650 g/mol. The molecule has 3 aromatic rings. The summed E-state index contributed by atoms with van der Waals surface area (Å²) < 4.78 is 19.1. The van der Waals surface area contributed by atoms with Crippen LogP contribution in [-0.4, -0.2) is 51.4 Å². The second-order valence-corrected chi connectivity index (χ2v) is 13.5. The Labute approximate surface area is 278 Å². The lowest BCUT2D eigenvalue weighted by atomic mass is 9.56. The van der Waals surface area contributed by atoms with Gasteiger partial charge in [-0.05, 0) is 80.3 Å². The zero-order valence-corrected chi connectivity index (χ0v) is 26.6. The number of fused-ring (bicyclic) bond motifs is 4. The van der Waals surface area contributed by atoms with Gasteiger partial charge in [0.2, 0.25) is 11.8 Å². The topological polar surface area (TPSA) is 121 Å². The minimum atomic E-state index is -2.19. The van der Waals surface area contributed by atoms with E-state index < -0.39 is 62.9 Å². The van der Waals surface area contributed by atoms with E-state index in [-0.39, 0.29) is 35.6 Å². The standard InChI is InChI=1S/C35H27Cl2FN2O7/c1-17(41)18-3-7-20(8-4-18)39-30(43)25-14-13-23-26(28(25)31(39)44)16-34(36)32(45)40(21-9-5-19(38)6-10-21)33(46)35(34,37)29(23)24-12-11-22(47-2)15-27(24)42/h3-13,15,25-26,28-29,42H,14,16H2,1-2H3. The number of halogens is 3. The first-order chi connectivity index (χ1) is 22.3. The van der Waals surface area contributed by atoms with E-state index in [4.69, 9.17) is 27.9 Å². The molecule has 0 aromatic heterocycles. The van der Waals surface area contributed by atoms with Crippen molar-refractivity contribution in [3.8, 4) is 11.5 Å². The number of carbonyl (C=O) groups is 5. The molecule has 1 N–H and O–H groups in total. The van der Waals surface area contributed by atoms with Crippen molar-refractivity contribution in [2.24, 2.45) is 17.8 Å². The number of hydrogen-bond donors (Lipinski definition) is 1. The summed E-state index contributed by atoms with van der Waals surface area (Å²) in [7, 11) is 1.42. The maximum Gasteiger partial charge on any atom is 0.258 e. The summed E-state index contributed by atoms with van der Waals surface area (Å²) in [6.07, 6.45) is 1.62. The number of alkyl halides is 2. The van der Waals surface area contributed by atoms with Gasteiger partial charge in [-0.3, -0.25) is 28.9 Å². The highest BCUT2D eigenvalue weighted by molar-refractivity contribution is 6.58. The Kier molecular flexibility index (Phi) is 7.11. The number of phenolic OH excluding ortho intramolecular Hbond substituents is 1.